The van der Waals surface area contributed by atoms with Crippen LogP contribution in [0.2, 0.25) is 0 Å². The molecule has 0 saturated heterocycles. The van der Waals surface area contributed by atoms with Crippen molar-refractivity contribution in [1.29, 1.82) is 0 Å². The number of aliphatic hydroxyl groups is 1. The SMILES string of the molecule is OC1CCCCC1.[Hf].[Hf]. The second-order valence-corrected chi connectivity index (χ2v) is 2.29. The predicted octanol–water partition coefficient (Wildman–Crippen LogP) is 1.31. The summed E-state index contributed by atoms with van der Waals surface area (Å²) < 4.78 is 0. The van der Waals surface area contributed by atoms with Gasteiger partial charge in [-0.1, -0.05) is 19.3 Å². The minimum atomic E-state index is 0. The monoisotopic (exact) mass is 460 g/mol. The van der Waals surface area contributed by atoms with Gasteiger partial charge in [0.25, 0.3) is 0 Å². The molecule has 9 heavy (non-hydrogen) atoms. The minimum absolute atomic E-state index is 0. The van der Waals surface area contributed by atoms with Gasteiger partial charge in [0.1, 0.15) is 0 Å². The van der Waals surface area contributed by atoms with Gasteiger partial charge in [-0.05, 0) is 12.8 Å². The van der Waals surface area contributed by atoms with Crippen LogP contribution in [0.5, 0.6) is 0 Å². The first-order valence-electron chi connectivity index (χ1n) is 3.07. The van der Waals surface area contributed by atoms with E-state index in [4.69, 9.17) is 5.11 Å². The molecule has 0 aromatic carbocycles. The molecule has 0 aliphatic heterocycles. The Balaban J connectivity index is 0. The molecule has 0 spiro atoms. The minimum Gasteiger partial charge on any atom is -0.393 e. The average molecular weight is 457 g/mol. The first kappa shape index (κ1) is 13.3. The number of hydrogen-bond acceptors (Lipinski definition) is 1. The largest absolute Gasteiger partial charge is 0.393 e. The molecule has 1 fully saturated rings. The van der Waals surface area contributed by atoms with Gasteiger partial charge < -0.3 is 5.11 Å². The third-order valence-electron chi connectivity index (χ3n) is 1.57. The van der Waals surface area contributed by atoms with Crippen molar-refractivity contribution in [2.45, 2.75) is 38.2 Å². The zero-order valence-corrected chi connectivity index (χ0v) is 12.7. The second kappa shape index (κ2) is 7.80. The van der Waals surface area contributed by atoms with Crippen molar-refractivity contribution in [2.24, 2.45) is 0 Å². The van der Waals surface area contributed by atoms with E-state index < -0.39 is 0 Å². The van der Waals surface area contributed by atoms with Crippen LogP contribution >= 0.6 is 0 Å². The van der Waals surface area contributed by atoms with E-state index in [0.29, 0.717) is 0 Å². The van der Waals surface area contributed by atoms with E-state index in [0.717, 1.165) is 12.8 Å². The molecule has 0 amide bonds. The molecule has 0 aromatic rings. The van der Waals surface area contributed by atoms with Crippen LogP contribution in [0.25, 0.3) is 0 Å². The van der Waals surface area contributed by atoms with E-state index in [-0.39, 0.29) is 57.8 Å². The Kier molecular flexibility index (Phi) is 11.5. The van der Waals surface area contributed by atoms with Crippen molar-refractivity contribution in [3.05, 3.63) is 0 Å². The topological polar surface area (TPSA) is 20.2 Å². The molecule has 0 bridgehead atoms. The summed E-state index contributed by atoms with van der Waals surface area (Å²) in [4.78, 5) is 0. The molecule has 1 aliphatic rings. The van der Waals surface area contributed by atoms with E-state index in [2.05, 4.69) is 0 Å². The molecule has 1 rings (SSSR count). The molecule has 0 atom stereocenters. The fourth-order valence-electron chi connectivity index (χ4n) is 1.08. The summed E-state index contributed by atoms with van der Waals surface area (Å²) in [6.45, 7) is 0. The number of aliphatic hydroxyl groups excluding tert-OH is 1. The van der Waals surface area contributed by atoms with Crippen molar-refractivity contribution in [1.82, 2.24) is 0 Å². The maximum atomic E-state index is 8.91. The Labute approximate surface area is 94.2 Å². The van der Waals surface area contributed by atoms with Crippen LogP contribution in [0.1, 0.15) is 32.1 Å². The molecule has 0 radical (unpaired) electrons. The second-order valence-electron chi connectivity index (χ2n) is 2.29. The van der Waals surface area contributed by atoms with Gasteiger partial charge in [0.2, 0.25) is 0 Å². The Hall–Kier alpha value is 1.70. The molecule has 1 N–H and O–H groups in total. The van der Waals surface area contributed by atoms with Crippen molar-refractivity contribution in [2.75, 3.05) is 0 Å². The summed E-state index contributed by atoms with van der Waals surface area (Å²) in [6, 6.07) is 0. The molecule has 1 nitrogen and oxygen atoms in total. The summed E-state index contributed by atoms with van der Waals surface area (Å²) in [5, 5.41) is 8.91. The Bertz CT molecular complexity index is 53.0. The summed E-state index contributed by atoms with van der Waals surface area (Å²) in [7, 11) is 0. The third-order valence-corrected chi connectivity index (χ3v) is 1.57. The summed E-state index contributed by atoms with van der Waals surface area (Å²) in [5.74, 6) is 0. The van der Waals surface area contributed by atoms with Gasteiger partial charge in [0.05, 0.1) is 6.10 Å². The fraction of sp³-hybridized carbons (Fsp3) is 1.00. The van der Waals surface area contributed by atoms with Crippen LogP contribution in [-0.4, -0.2) is 11.2 Å². The van der Waals surface area contributed by atoms with E-state index in [1.807, 2.05) is 0 Å². The van der Waals surface area contributed by atoms with E-state index in [1.165, 1.54) is 19.3 Å². The van der Waals surface area contributed by atoms with E-state index in [1.54, 1.807) is 0 Å². The van der Waals surface area contributed by atoms with Crippen molar-refractivity contribution in [3.63, 3.8) is 0 Å². The predicted molar refractivity (Wildman–Crippen MR) is 29.1 cm³/mol. The molecular formula is C6H12Hf2O. The summed E-state index contributed by atoms with van der Waals surface area (Å²) in [6.07, 6.45) is 5.92. The van der Waals surface area contributed by atoms with Crippen molar-refractivity contribution < 1.29 is 56.8 Å². The summed E-state index contributed by atoms with van der Waals surface area (Å²) in [5.41, 5.74) is 0. The van der Waals surface area contributed by atoms with Crippen LogP contribution in [0, 0.1) is 0 Å². The standard InChI is InChI=1S/C6H12O.2Hf/c7-6-4-2-1-3-5-6;;/h6-7H,1-5H2;;. The smallest absolute Gasteiger partial charge is 0.0540 e. The van der Waals surface area contributed by atoms with Gasteiger partial charge in [0.15, 0.2) is 0 Å². The van der Waals surface area contributed by atoms with Crippen LogP contribution in [0.4, 0.5) is 0 Å². The van der Waals surface area contributed by atoms with Crippen molar-refractivity contribution in [3.8, 4) is 0 Å². The molecule has 0 heterocycles. The quantitative estimate of drug-likeness (QED) is 0.545. The maximum absolute atomic E-state index is 8.91. The molecular weight excluding hydrogens is 445 g/mol. The van der Waals surface area contributed by atoms with Gasteiger partial charge in [-0.15, -0.1) is 0 Å². The van der Waals surface area contributed by atoms with Gasteiger partial charge in [-0.25, -0.2) is 0 Å². The van der Waals surface area contributed by atoms with Crippen LogP contribution in [0.15, 0.2) is 0 Å². The molecule has 0 aromatic heterocycles. The van der Waals surface area contributed by atoms with Crippen molar-refractivity contribution >= 4 is 0 Å². The van der Waals surface area contributed by atoms with Crippen LogP contribution < -0.4 is 0 Å². The van der Waals surface area contributed by atoms with E-state index >= 15 is 0 Å². The Morgan fingerprint density at radius 1 is 0.889 bits per heavy atom. The first-order chi connectivity index (χ1) is 3.39. The van der Waals surface area contributed by atoms with Gasteiger partial charge in [-0.2, -0.15) is 0 Å². The maximum Gasteiger partial charge on any atom is 0.0540 e. The number of hydrogen-bond donors (Lipinski definition) is 1. The summed E-state index contributed by atoms with van der Waals surface area (Å²) >= 11 is 0. The molecule has 1 saturated carbocycles. The van der Waals surface area contributed by atoms with Gasteiger partial charge >= 0.3 is 0 Å². The molecule has 3 heteroatoms. The van der Waals surface area contributed by atoms with Crippen LogP contribution in [0.3, 0.4) is 0 Å². The van der Waals surface area contributed by atoms with Gasteiger partial charge in [-0.3, -0.25) is 0 Å². The first-order valence-corrected chi connectivity index (χ1v) is 3.07. The zero-order valence-electron chi connectivity index (χ0n) is 5.56. The Morgan fingerprint density at radius 3 is 1.56 bits per heavy atom. The van der Waals surface area contributed by atoms with Gasteiger partial charge in [0, 0.05) is 51.7 Å². The third kappa shape index (κ3) is 6.11. The zero-order chi connectivity index (χ0) is 5.11. The number of rotatable bonds is 0. The normalized spacial score (nSPS) is 19.7. The average Bonchev–Trinajstić information content (AvgIpc) is 1.69. The molecule has 0 unspecified atom stereocenters. The molecule has 50 valence electrons. The Morgan fingerprint density at radius 2 is 1.33 bits per heavy atom. The van der Waals surface area contributed by atoms with E-state index in [9.17, 15) is 0 Å². The van der Waals surface area contributed by atoms with Crippen LogP contribution in [-0.2, 0) is 51.7 Å². The fourth-order valence-corrected chi connectivity index (χ4v) is 1.08. The molecule has 1 aliphatic carbocycles.